The molecule has 8 aromatic rings. The van der Waals surface area contributed by atoms with E-state index in [0.717, 1.165) is 170 Å². The van der Waals surface area contributed by atoms with E-state index < -0.39 is 0 Å². The van der Waals surface area contributed by atoms with Gasteiger partial charge < -0.3 is 45.8 Å². The van der Waals surface area contributed by atoms with Crippen LogP contribution in [0.5, 0.6) is 0 Å². The van der Waals surface area contributed by atoms with Crippen LogP contribution >= 0.6 is 0 Å². The third-order valence-corrected chi connectivity index (χ3v) is 26.1. The van der Waals surface area contributed by atoms with Gasteiger partial charge in [-0.05, 0) is 260 Å². The molecule has 5 aromatic heterocycles. The Labute approximate surface area is 822 Å². The number of piperazine rings is 2. The van der Waals surface area contributed by atoms with E-state index in [4.69, 9.17) is 0 Å². The molecule has 3 amide bonds. The van der Waals surface area contributed by atoms with Crippen LogP contribution in [0, 0.1) is 11.8 Å². The highest BCUT2D eigenvalue weighted by Gasteiger charge is 2.28. The number of benzene rings is 3. The Morgan fingerprint density at radius 3 is 1.37 bits per heavy atom. The monoisotopic (exact) mass is 1870 g/mol. The summed E-state index contributed by atoms with van der Waals surface area (Å²) in [7, 11) is 6.17. The van der Waals surface area contributed by atoms with Gasteiger partial charge in [-0.25, -0.2) is 9.97 Å². The van der Waals surface area contributed by atoms with Crippen LogP contribution in [0.3, 0.4) is 0 Å². The summed E-state index contributed by atoms with van der Waals surface area (Å²) in [5, 5.41) is 21.2. The molecule has 6 aliphatic heterocycles. The van der Waals surface area contributed by atoms with Gasteiger partial charge >= 0.3 is 0 Å². The van der Waals surface area contributed by atoms with E-state index in [0.29, 0.717) is 42.9 Å². The molecule has 6 saturated heterocycles. The largest absolute Gasteiger partial charge is 0.356 e. The minimum Gasteiger partial charge on any atom is -0.356 e. The number of amides is 3. The van der Waals surface area contributed by atoms with Crippen LogP contribution < -0.4 is 26.2 Å². The zero-order chi connectivity index (χ0) is 101. The first-order valence-corrected chi connectivity index (χ1v) is 50.7. The molecule has 11 heterocycles. The summed E-state index contributed by atoms with van der Waals surface area (Å²) in [4.78, 5) is 86.9. The number of carbonyl (C=O) groups is 5. The van der Waals surface area contributed by atoms with Crippen LogP contribution in [0.2, 0.25) is 0 Å². The standard InChI is InChI=1S/C17H26N2O.C17H25NO.C16H24N2O.C15H24N4O.C15H24N2.C14H25N3.C12H17NO.C8H14N2/c1-17(2,3)14-7-5-6-13(12-14)16(20)18-15-8-10-19(4)11-9-15;1-17(2,3)15-6-4-5-14(12-15)16(19)11-13-7-9-18-10-8-13;1-16(2,3)14-7-5-6-13(12-14)15(19)18-10-8-17(4)9-11-18;1-15(2,3)12-4-5-13(17-10-12)18-14(20)11-19-8-6-16-7-9-19;1-12-6-5-9-17(11-12)14-8-7-13(10-16-14)15(2,3)4;1-14(2,3)13-11-15-17(12-13)10-9-16-7-5-4-6-8-16;1-9(14)7-11-6-5-10(8-13-11)12(2,3)4;1-8(2,3)7-5-9-10(4)6-7/h5-7,12,15H,8-11H2,1-4H3,(H,18,20);4-6,12-13,18H,7-11H2,1-3H3;5-7,12H,8-11H2,1-4H3;4-5,10,16H,6-9,11H2,1-3H3,(H,17,18,20);7-8,10,12H,5-6,9,11H2,1-4H3;11-12H,4-10H2,1-3H3;5-6,8H,7H2,1-4H3;5-6H,1-4H3/t;;;;12-;;;/m....0.../s1. The second-order valence-corrected chi connectivity index (χ2v) is 47.0. The Bertz CT molecular complexity index is 4880. The Balaban J connectivity index is 0.000000213. The lowest BCUT2D eigenvalue weighted by Gasteiger charge is -2.32. The van der Waals surface area contributed by atoms with Crippen molar-refractivity contribution >= 4 is 40.9 Å². The molecule has 136 heavy (non-hydrogen) atoms. The van der Waals surface area contributed by atoms with Crippen molar-refractivity contribution in [3.05, 3.63) is 219 Å². The summed E-state index contributed by atoms with van der Waals surface area (Å²) in [6, 6.07) is 36.8. The van der Waals surface area contributed by atoms with Crippen LogP contribution in [0.1, 0.15) is 326 Å². The van der Waals surface area contributed by atoms with E-state index in [-0.39, 0.29) is 66.8 Å². The molecule has 0 spiro atoms. The van der Waals surface area contributed by atoms with Crippen molar-refractivity contribution in [3.8, 4) is 0 Å². The lowest BCUT2D eigenvalue weighted by atomic mass is 9.84. The molecule has 6 aliphatic rings. The second kappa shape index (κ2) is 52.7. The predicted molar refractivity (Wildman–Crippen MR) is 566 cm³/mol. The van der Waals surface area contributed by atoms with Crippen molar-refractivity contribution in [1.29, 1.82) is 0 Å². The van der Waals surface area contributed by atoms with Crippen LogP contribution in [-0.4, -0.2) is 226 Å². The van der Waals surface area contributed by atoms with Crippen molar-refractivity contribution in [3.63, 3.8) is 0 Å². The van der Waals surface area contributed by atoms with Crippen molar-refractivity contribution in [1.82, 2.24) is 75.0 Å². The molecular weight excluding hydrogens is 1690 g/mol. The second-order valence-electron chi connectivity index (χ2n) is 47.0. The number of rotatable bonds is 15. The number of likely N-dealkylation sites (N-methyl/N-ethyl adjacent to an activating group) is 1. The number of ketones is 2. The molecule has 14 rings (SSSR count). The smallest absolute Gasteiger partial charge is 0.253 e. The number of nitrogens with zero attached hydrogens (tertiary/aromatic N) is 13. The van der Waals surface area contributed by atoms with Gasteiger partial charge in [-0.1, -0.05) is 240 Å². The molecular formula is C114H179N17O5. The lowest BCUT2D eigenvalue weighted by Crippen LogP contribution is -2.47. The number of hydrogen-bond acceptors (Lipinski definition) is 17. The summed E-state index contributed by atoms with van der Waals surface area (Å²) in [6.07, 6.45) is 26.2. The maximum absolute atomic E-state index is 12.5. The van der Waals surface area contributed by atoms with Crippen molar-refractivity contribution in [2.24, 2.45) is 18.9 Å². The summed E-state index contributed by atoms with van der Waals surface area (Å²) in [6.45, 7) is 75.3. The third-order valence-electron chi connectivity index (χ3n) is 26.1. The van der Waals surface area contributed by atoms with E-state index in [1.54, 1.807) is 6.92 Å². The SMILES string of the molecule is CC(=O)Cc1ccc(C(C)(C)C)cn1.CC(C)(C)c1ccc(NC(=O)CN2CCNCC2)nc1.CC(C)(C)c1cccc(C(=O)CC2CCNCC2)c1.CC(C)(C)c1cnn(CCN2CCCCC2)c1.CN1CCC(NC(=O)c2cccc(C(C)(C)C)c2)CC1.CN1CCN(C(=O)c2cccc(C(C)(C)C)c2)CC1.C[C@H]1CCCN(c2ccc(C(C)(C)C)cn2)C1.Cn1cc(C(C)(C)C)cn1. The summed E-state index contributed by atoms with van der Waals surface area (Å²) in [5.74, 6) is 3.81. The molecule has 22 heteroatoms. The highest BCUT2D eigenvalue weighted by atomic mass is 16.2. The molecule has 3 aromatic carbocycles. The molecule has 4 N–H and O–H groups in total. The Morgan fingerprint density at radius 1 is 0.419 bits per heavy atom. The first-order valence-electron chi connectivity index (χ1n) is 50.7. The Morgan fingerprint density at radius 2 is 0.897 bits per heavy atom. The van der Waals surface area contributed by atoms with Gasteiger partial charge in [0.1, 0.15) is 17.4 Å². The zero-order valence-electron chi connectivity index (χ0n) is 89.7. The van der Waals surface area contributed by atoms with Crippen LogP contribution in [-0.2, 0) is 72.9 Å². The predicted octanol–water partition coefficient (Wildman–Crippen LogP) is 20.5. The number of pyridine rings is 3. The number of nitrogens with one attached hydrogen (secondary N) is 4. The lowest BCUT2D eigenvalue weighted by molar-refractivity contribution is -0.117. The van der Waals surface area contributed by atoms with Gasteiger partial charge in [0.25, 0.3) is 11.8 Å². The number of likely N-dealkylation sites (tertiary alicyclic amines) is 2. The van der Waals surface area contributed by atoms with E-state index in [9.17, 15) is 24.0 Å². The van der Waals surface area contributed by atoms with E-state index in [1.807, 2.05) is 120 Å². The van der Waals surface area contributed by atoms with Crippen molar-refractivity contribution < 1.29 is 24.0 Å². The molecule has 0 aliphatic carbocycles. The molecule has 0 unspecified atom stereocenters. The number of hydrogen-bond donors (Lipinski definition) is 4. The van der Waals surface area contributed by atoms with E-state index >= 15 is 0 Å². The van der Waals surface area contributed by atoms with Crippen molar-refractivity contribution in [2.75, 3.05) is 142 Å². The highest BCUT2D eigenvalue weighted by Crippen LogP contribution is 2.32. The topological polar surface area (TPSA) is 227 Å². The minimum atomic E-state index is 0.00269. The first kappa shape index (κ1) is 114. The fourth-order valence-corrected chi connectivity index (χ4v) is 16.4. The van der Waals surface area contributed by atoms with Gasteiger partial charge in [-0.3, -0.25) is 43.2 Å². The molecule has 0 saturated carbocycles. The number of aryl methyl sites for hydroxylation is 1. The van der Waals surface area contributed by atoms with Crippen LogP contribution in [0.25, 0.3) is 0 Å². The van der Waals surface area contributed by atoms with E-state index in [1.165, 1.54) is 84.1 Å². The van der Waals surface area contributed by atoms with Gasteiger partial charge in [0.2, 0.25) is 5.91 Å². The van der Waals surface area contributed by atoms with Gasteiger partial charge in [0.05, 0.1) is 25.5 Å². The number of aromatic nitrogens is 7. The maximum atomic E-state index is 12.5. The van der Waals surface area contributed by atoms with Gasteiger partial charge in [0.15, 0.2) is 5.78 Å². The van der Waals surface area contributed by atoms with Crippen molar-refractivity contribution in [2.45, 2.75) is 307 Å². The molecule has 750 valence electrons. The van der Waals surface area contributed by atoms with E-state index in [2.05, 4.69) is 312 Å². The fraction of sp³-hybridized carbons (Fsp3) is 0.614. The molecule has 0 bridgehead atoms. The summed E-state index contributed by atoms with van der Waals surface area (Å²) >= 11 is 0. The van der Waals surface area contributed by atoms with Gasteiger partial charge in [-0.2, -0.15) is 10.2 Å². The quantitative estimate of drug-likeness (QED) is 0.0700. The molecule has 0 radical (unpaired) electrons. The number of piperidine rings is 4. The summed E-state index contributed by atoms with van der Waals surface area (Å²) < 4.78 is 3.93. The van der Waals surface area contributed by atoms with Crippen LogP contribution in [0.4, 0.5) is 11.6 Å². The Hall–Kier alpha value is -9.16. The Kier molecular flexibility index (Phi) is 44.1. The third kappa shape index (κ3) is 41.1. The fourth-order valence-electron chi connectivity index (χ4n) is 16.4. The number of carbonyl (C=O) groups excluding carboxylic acids is 5. The zero-order valence-corrected chi connectivity index (χ0v) is 89.7. The number of anilines is 2. The molecule has 22 nitrogen and oxygen atoms in total. The van der Waals surface area contributed by atoms with Gasteiger partial charge in [0, 0.05) is 151 Å². The number of Topliss-reactive ketones (excluding diaryl/α,β-unsaturated/α-hetero) is 2. The average molecular weight is 1870 g/mol. The average Bonchev–Trinajstić information content (AvgIpc) is 1.06. The highest BCUT2D eigenvalue weighted by molar-refractivity contribution is 5.97. The normalized spacial score (nSPS) is 17.1. The minimum absolute atomic E-state index is 0.00269. The first-order chi connectivity index (χ1) is 63.6. The van der Waals surface area contributed by atoms with Gasteiger partial charge in [-0.15, -0.1) is 0 Å². The van der Waals surface area contributed by atoms with Crippen LogP contribution in [0.15, 0.2) is 153 Å². The maximum Gasteiger partial charge on any atom is 0.253 e. The molecule has 1 atom stereocenters. The summed E-state index contributed by atoms with van der Waals surface area (Å²) in [5.41, 5.74) is 14.4. The molecule has 6 fully saturated rings.